The summed E-state index contributed by atoms with van der Waals surface area (Å²) in [5.41, 5.74) is 5.96. The van der Waals surface area contributed by atoms with Crippen LogP contribution in [-0.4, -0.2) is 17.6 Å². The van der Waals surface area contributed by atoms with E-state index in [4.69, 9.17) is 11.1 Å². The highest BCUT2D eigenvalue weighted by Crippen LogP contribution is 2.15. The summed E-state index contributed by atoms with van der Waals surface area (Å²) >= 11 is 0. The minimum absolute atomic E-state index is 0.0459. The van der Waals surface area contributed by atoms with Crippen LogP contribution in [0.4, 0.5) is 0 Å². The van der Waals surface area contributed by atoms with Crippen LogP contribution in [0.3, 0.4) is 0 Å². The van der Waals surface area contributed by atoms with Gasteiger partial charge in [-0.1, -0.05) is 18.2 Å². The fourth-order valence-corrected chi connectivity index (χ4v) is 1.05. The average molecular weight is 179 g/mol. The molecule has 1 aromatic rings. The van der Waals surface area contributed by atoms with E-state index >= 15 is 0 Å². The van der Waals surface area contributed by atoms with Crippen LogP contribution in [0.2, 0.25) is 0 Å². The number of phenolic OH excluding ortho intramolecular Hbond substituents is 1. The van der Waals surface area contributed by atoms with Crippen LogP contribution in [0.5, 0.6) is 5.75 Å². The molecule has 70 valence electrons. The molecule has 0 aliphatic rings. The van der Waals surface area contributed by atoms with Crippen LogP contribution in [-0.2, 0) is 6.42 Å². The Balaban J connectivity index is 2.45. The second-order valence-corrected chi connectivity index (χ2v) is 2.72. The fourth-order valence-electron chi connectivity index (χ4n) is 1.05. The molecule has 5 N–H and O–H groups in total. The lowest BCUT2D eigenvalue weighted by atomic mass is 10.1. The van der Waals surface area contributed by atoms with E-state index in [0.29, 0.717) is 13.0 Å². The SMILES string of the molecule is N=C(N)NCCc1ccccc1O. The number of aromatic hydroxyl groups is 1. The lowest BCUT2D eigenvalue weighted by Crippen LogP contribution is -2.31. The molecule has 0 saturated carbocycles. The third kappa shape index (κ3) is 3.02. The Hall–Kier alpha value is -1.71. The molecular weight excluding hydrogens is 166 g/mol. The van der Waals surface area contributed by atoms with Crippen molar-refractivity contribution in [2.24, 2.45) is 5.73 Å². The monoisotopic (exact) mass is 179 g/mol. The van der Waals surface area contributed by atoms with Crippen molar-refractivity contribution in [1.29, 1.82) is 5.41 Å². The van der Waals surface area contributed by atoms with Crippen molar-refractivity contribution in [2.75, 3.05) is 6.54 Å². The maximum absolute atomic E-state index is 9.36. The largest absolute Gasteiger partial charge is 0.508 e. The number of hydrogen-bond donors (Lipinski definition) is 4. The van der Waals surface area contributed by atoms with Crippen molar-refractivity contribution in [3.05, 3.63) is 29.8 Å². The predicted molar refractivity (Wildman–Crippen MR) is 51.7 cm³/mol. The van der Waals surface area contributed by atoms with E-state index in [1.54, 1.807) is 12.1 Å². The summed E-state index contributed by atoms with van der Waals surface area (Å²) in [6.07, 6.45) is 0.659. The number of para-hydroxylation sites is 1. The van der Waals surface area contributed by atoms with Gasteiger partial charge >= 0.3 is 0 Å². The lowest BCUT2D eigenvalue weighted by molar-refractivity contribution is 0.468. The molecule has 0 amide bonds. The zero-order valence-corrected chi connectivity index (χ0v) is 7.25. The van der Waals surface area contributed by atoms with E-state index in [1.807, 2.05) is 12.1 Å². The zero-order chi connectivity index (χ0) is 9.68. The first-order valence-electron chi connectivity index (χ1n) is 4.05. The van der Waals surface area contributed by atoms with Gasteiger partial charge in [0.2, 0.25) is 0 Å². The molecular formula is C9H13N3O. The second kappa shape index (κ2) is 4.35. The van der Waals surface area contributed by atoms with Gasteiger partial charge < -0.3 is 16.2 Å². The minimum atomic E-state index is -0.0459. The fraction of sp³-hybridized carbons (Fsp3) is 0.222. The van der Waals surface area contributed by atoms with Crippen molar-refractivity contribution in [1.82, 2.24) is 5.32 Å². The molecule has 0 aliphatic carbocycles. The first-order chi connectivity index (χ1) is 6.20. The number of phenols is 1. The lowest BCUT2D eigenvalue weighted by Gasteiger charge is -2.05. The highest BCUT2D eigenvalue weighted by atomic mass is 16.3. The van der Waals surface area contributed by atoms with Crippen LogP contribution in [0.15, 0.2) is 24.3 Å². The third-order valence-electron chi connectivity index (χ3n) is 1.70. The van der Waals surface area contributed by atoms with Gasteiger partial charge in [0.25, 0.3) is 0 Å². The van der Waals surface area contributed by atoms with Gasteiger partial charge in [-0.3, -0.25) is 5.41 Å². The quantitative estimate of drug-likeness (QED) is 0.401. The normalized spacial score (nSPS) is 9.54. The Morgan fingerprint density at radius 3 is 2.77 bits per heavy atom. The van der Waals surface area contributed by atoms with Crippen LogP contribution >= 0.6 is 0 Å². The number of nitrogens with one attached hydrogen (secondary N) is 2. The number of nitrogens with two attached hydrogens (primary N) is 1. The van der Waals surface area contributed by atoms with Crippen LogP contribution in [0.25, 0.3) is 0 Å². The summed E-state index contributed by atoms with van der Waals surface area (Å²) in [6, 6.07) is 7.13. The molecule has 13 heavy (non-hydrogen) atoms. The summed E-state index contributed by atoms with van der Waals surface area (Å²) in [5, 5.41) is 19.0. The van der Waals surface area contributed by atoms with Crippen molar-refractivity contribution < 1.29 is 5.11 Å². The van der Waals surface area contributed by atoms with Crippen LogP contribution in [0, 0.1) is 5.41 Å². The molecule has 0 unspecified atom stereocenters. The molecule has 4 nitrogen and oxygen atoms in total. The minimum Gasteiger partial charge on any atom is -0.508 e. The van der Waals surface area contributed by atoms with E-state index in [0.717, 1.165) is 5.56 Å². The maximum Gasteiger partial charge on any atom is 0.185 e. The van der Waals surface area contributed by atoms with Gasteiger partial charge in [0, 0.05) is 6.54 Å². The number of rotatable bonds is 3. The molecule has 1 aromatic carbocycles. The highest BCUT2D eigenvalue weighted by molar-refractivity contribution is 5.74. The Morgan fingerprint density at radius 1 is 1.46 bits per heavy atom. The summed E-state index contributed by atoms with van der Waals surface area (Å²) < 4.78 is 0. The Kier molecular flexibility index (Phi) is 3.14. The zero-order valence-electron chi connectivity index (χ0n) is 7.25. The number of hydrogen-bond acceptors (Lipinski definition) is 2. The number of guanidine groups is 1. The smallest absolute Gasteiger partial charge is 0.185 e. The van der Waals surface area contributed by atoms with Crippen LogP contribution in [0.1, 0.15) is 5.56 Å². The molecule has 0 bridgehead atoms. The predicted octanol–water partition coefficient (Wildman–Crippen LogP) is 0.418. The standard InChI is InChI=1S/C9H13N3O/c10-9(11)12-6-5-7-3-1-2-4-8(7)13/h1-4,13H,5-6H2,(H4,10,11,12). The Morgan fingerprint density at radius 2 is 2.15 bits per heavy atom. The Bertz CT molecular complexity index is 299. The summed E-state index contributed by atoms with van der Waals surface area (Å²) in [6.45, 7) is 0.562. The summed E-state index contributed by atoms with van der Waals surface area (Å²) in [7, 11) is 0. The van der Waals surface area contributed by atoms with Gasteiger partial charge in [-0.2, -0.15) is 0 Å². The topological polar surface area (TPSA) is 82.1 Å². The molecule has 0 heterocycles. The van der Waals surface area contributed by atoms with Crippen molar-refractivity contribution >= 4 is 5.96 Å². The molecule has 0 fully saturated rings. The molecule has 4 heteroatoms. The van der Waals surface area contributed by atoms with E-state index < -0.39 is 0 Å². The van der Waals surface area contributed by atoms with Gasteiger partial charge in [-0.05, 0) is 18.1 Å². The average Bonchev–Trinajstić information content (AvgIpc) is 2.08. The maximum atomic E-state index is 9.36. The summed E-state index contributed by atoms with van der Waals surface area (Å²) in [5.74, 6) is 0.239. The molecule has 0 atom stereocenters. The van der Waals surface area contributed by atoms with Gasteiger partial charge in [-0.25, -0.2) is 0 Å². The highest BCUT2D eigenvalue weighted by Gasteiger charge is 1.98. The molecule has 0 radical (unpaired) electrons. The van der Waals surface area contributed by atoms with Gasteiger partial charge in [0.15, 0.2) is 5.96 Å². The van der Waals surface area contributed by atoms with E-state index in [9.17, 15) is 5.11 Å². The van der Waals surface area contributed by atoms with Gasteiger partial charge in [-0.15, -0.1) is 0 Å². The van der Waals surface area contributed by atoms with Crippen LogP contribution < -0.4 is 11.1 Å². The second-order valence-electron chi connectivity index (χ2n) is 2.72. The molecule has 0 aromatic heterocycles. The van der Waals surface area contributed by atoms with E-state index in [1.165, 1.54) is 0 Å². The van der Waals surface area contributed by atoms with Crippen molar-refractivity contribution in [3.63, 3.8) is 0 Å². The van der Waals surface area contributed by atoms with Crippen molar-refractivity contribution in [2.45, 2.75) is 6.42 Å². The molecule has 0 saturated heterocycles. The van der Waals surface area contributed by atoms with E-state index in [-0.39, 0.29) is 11.7 Å². The summed E-state index contributed by atoms with van der Waals surface area (Å²) in [4.78, 5) is 0. The Labute approximate surface area is 76.9 Å². The number of benzene rings is 1. The third-order valence-corrected chi connectivity index (χ3v) is 1.70. The van der Waals surface area contributed by atoms with E-state index in [2.05, 4.69) is 5.32 Å². The van der Waals surface area contributed by atoms with Gasteiger partial charge in [0.05, 0.1) is 0 Å². The first kappa shape index (κ1) is 9.38. The first-order valence-corrected chi connectivity index (χ1v) is 4.05. The van der Waals surface area contributed by atoms with Crippen molar-refractivity contribution in [3.8, 4) is 5.75 Å². The molecule has 0 aliphatic heterocycles. The molecule has 1 rings (SSSR count). The van der Waals surface area contributed by atoms with Gasteiger partial charge in [0.1, 0.15) is 5.75 Å². The molecule has 0 spiro atoms.